The van der Waals surface area contributed by atoms with Crippen LogP contribution in [-0.2, 0) is 0 Å². The number of hydrogen-bond donors (Lipinski definition) is 0. The first kappa shape index (κ1) is 65.4. The molecule has 1 aromatic heterocycles. The molecule has 2 aliphatic rings. The lowest BCUT2D eigenvalue weighted by molar-refractivity contribution is 1.16. The highest BCUT2D eigenvalue weighted by atomic mass is 28.3. The highest BCUT2D eigenvalue weighted by molar-refractivity contribution is 7.21. The first-order valence-electron chi connectivity index (χ1n) is 37.9. The van der Waals surface area contributed by atoms with Crippen molar-refractivity contribution in [1.82, 2.24) is 4.57 Å². The zero-order valence-electron chi connectivity index (χ0n) is 60.1. The lowest BCUT2D eigenvalue weighted by atomic mass is 9.33. The third-order valence-corrected chi connectivity index (χ3v) is 37.7. The molecule has 0 spiro atoms. The van der Waals surface area contributed by atoms with Gasteiger partial charge in [-0.05, 0) is 150 Å². The number of fused-ring (bicyclic) bond motifs is 7. The van der Waals surface area contributed by atoms with Crippen LogP contribution in [0.5, 0.6) is 0 Å². The van der Waals surface area contributed by atoms with Crippen molar-refractivity contribution in [3.63, 3.8) is 0 Å². The summed E-state index contributed by atoms with van der Waals surface area (Å²) in [6.45, 7) is -0.315. The zero-order chi connectivity index (χ0) is 72.3. The van der Waals surface area contributed by atoms with Crippen LogP contribution in [0, 0.1) is 0 Å². The molecule has 0 radical (unpaired) electrons. The molecule has 0 saturated carbocycles. The molecule has 0 N–H and O–H groups in total. The van der Waals surface area contributed by atoms with Gasteiger partial charge in [-0.15, -0.1) is 0 Å². The van der Waals surface area contributed by atoms with E-state index in [1.54, 1.807) is 0 Å². The first-order chi connectivity index (χ1) is 54.1. The SMILES string of the molecule is c1ccc(-c2cccc(N3c4ccc([Si](c5ccccc5)(c5ccccc5)c5ccccc5)cc4B4c5cc([Si](c6ccccc6)(c6ccccc6)c6ccccc6)ccc5N(c5cccc([Si](c6ccccc6)(c6ccccc6)c6ccccc6)c5)c5cc(-n6c7ccccc7c7ccccc76)cc3c54)c2)cc1. The highest BCUT2D eigenvalue weighted by Gasteiger charge is 2.50. The summed E-state index contributed by atoms with van der Waals surface area (Å²) in [4.78, 5) is 5.34. The second kappa shape index (κ2) is 27.3. The van der Waals surface area contributed by atoms with Gasteiger partial charge in [-0.1, -0.05) is 388 Å². The number of benzene rings is 17. The Morgan fingerprint density at radius 2 is 0.459 bits per heavy atom. The topological polar surface area (TPSA) is 11.4 Å². The van der Waals surface area contributed by atoms with Gasteiger partial charge < -0.3 is 14.4 Å². The summed E-state index contributed by atoms with van der Waals surface area (Å²) in [6.07, 6.45) is 0. The molecule has 0 amide bonds. The van der Waals surface area contributed by atoms with Gasteiger partial charge in [0.15, 0.2) is 24.2 Å². The number of aromatic nitrogens is 1. The molecular weight excluding hydrogens is 1360 g/mol. The second-order valence-corrected chi connectivity index (χ2v) is 40.4. The third-order valence-electron chi connectivity index (χ3n) is 23.4. The van der Waals surface area contributed by atoms with Gasteiger partial charge in [0.2, 0.25) is 0 Å². The summed E-state index contributed by atoms with van der Waals surface area (Å²) in [5.74, 6) is 0. The number of rotatable bonds is 16. The van der Waals surface area contributed by atoms with Crippen molar-refractivity contribution in [3.05, 3.63) is 449 Å². The molecular formula is C102H74BN3Si3. The van der Waals surface area contributed by atoms with Crippen molar-refractivity contribution in [2.45, 2.75) is 0 Å². The van der Waals surface area contributed by atoms with Crippen molar-refractivity contribution in [2.75, 3.05) is 9.80 Å². The largest absolute Gasteiger partial charge is 0.311 e. The molecule has 17 aromatic carbocycles. The van der Waals surface area contributed by atoms with E-state index >= 15 is 0 Å². The normalized spacial score (nSPS) is 12.5. The highest BCUT2D eigenvalue weighted by Crippen LogP contribution is 2.47. The molecule has 18 aromatic rings. The van der Waals surface area contributed by atoms with Gasteiger partial charge in [0.25, 0.3) is 6.71 Å². The molecule has 0 unspecified atom stereocenters. The fourth-order valence-corrected chi connectivity index (χ4v) is 33.2. The Kier molecular flexibility index (Phi) is 16.4. The predicted molar refractivity (Wildman–Crippen MR) is 471 cm³/mol. The number of nitrogens with zero attached hydrogens (tertiary/aromatic N) is 3. The Labute approximate surface area is 641 Å². The standard InChI is InChI=1S/C102H74BN3Si3/c1-11-37-75(38-12-1)76-39-35-40-77(69-76)104-98-67-65-90(108(83-48-19-5-20-49-83,84-50-21-6-22-51-84)85-52-23-7-24-53-85)73-94(98)103-95-74-91(109(86-54-25-8-26-55-86,87-56-27-9-28-57-87)88-58-29-10-30-59-88)66-68-99(95)105(101-72-79(71-100(104)102(101)103)106-96-63-33-31-61-92(96)93-62-32-34-64-97(93)106)78-41-36-60-89(70-78)107(80-42-13-2-14-43-80,81-44-15-3-16-45-81)82-46-17-4-18-47-82/h1-74H. The van der Waals surface area contributed by atoms with E-state index in [9.17, 15) is 0 Å². The fourth-order valence-electron chi connectivity index (χ4n) is 18.9. The average Bonchev–Trinajstić information content (AvgIpc) is 1.25. The summed E-state index contributed by atoms with van der Waals surface area (Å²) in [5.41, 5.74) is 16.1. The monoisotopic (exact) mass is 1440 g/mol. The molecule has 3 heterocycles. The van der Waals surface area contributed by atoms with Gasteiger partial charge in [0.05, 0.1) is 16.7 Å². The minimum atomic E-state index is -3.22. The lowest BCUT2D eigenvalue weighted by Gasteiger charge is -2.46. The fraction of sp³-hybridized carbons (Fsp3) is 0. The number of anilines is 6. The zero-order valence-corrected chi connectivity index (χ0v) is 63.1. The third kappa shape index (κ3) is 10.5. The quantitative estimate of drug-likeness (QED) is 0.0706. The van der Waals surface area contributed by atoms with Crippen LogP contribution in [0.25, 0.3) is 38.6 Å². The molecule has 0 fully saturated rings. The maximum absolute atomic E-state index is 3.22. The summed E-state index contributed by atoms with van der Waals surface area (Å²) in [7, 11) is -9.56. The van der Waals surface area contributed by atoms with Crippen molar-refractivity contribution < 1.29 is 0 Å². The minimum absolute atomic E-state index is 0.315. The Bertz CT molecular complexity index is 6010. The molecule has 0 atom stereocenters. The molecule has 0 aliphatic carbocycles. The summed E-state index contributed by atoms with van der Waals surface area (Å²) >= 11 is 0. The van der Waals surface area contributed by atoms with Crippen molar-refractivity contribution >= 4 is 165 Å². The smallest absolute Gasteiger partial charge is 0.252 e. The summed E-state index contributed by atoms with van der Waals surface area (Å²) < 4.78 is 2.54. The number of para-hydroxylation sites is 2. The van der Waals surface area contributed by atoms with E-state index in [0.717, 1.165) is 62.0 Å². The van der Waals surface area contributed by atoms with Gasteiger partial charge in [0, 0.05) is 44.9 Å². The second-order valence-electron chi connectivity index (χ2n) is 28.9. The van der Waals surface area contributed by atoms with E-state index in [4.69, 9.17) is 0 Å². The van der Waals surface area contributed by atoms with Crippen LogP contribution in [0.15, 0.2) is 449 Å². The molecule has 7 heteroatoms. The van der Waals surface area contributed by atoms with E-state index in [-0.39, 0.29) is 6.71 Å². The van der Waals surface area contributed by atoms with Gasteiger partial charge in [-0.2, -0.15) is 0 Å². The Morgan fingerprint density at radius 3 is 0.807 bits per heavy atom. The van der Waals surface area contributed by atoms with E-state index in [2.05, 4.69) is 463 Å². The molecule has 109 heavy (non-hydrogen) atoms. The molecule has 0 saturated heterocycles. The molecule has 2 aliphatic heterocycles. The molecule has 20 rings (SSSR count). The minimum Gasteiger partial charge on any atom is -0.311 e. The lowest BCUT2D eigenvalue weighted by Crippen LogP contribution is -2.76. The predicted octanol–water partition coefficient (Wildman–Crippen LogP) is 14.7. The summed E-state index contributed by atoms with van der Waals surface area (Å²) in [6, 6.07) is 172. The van der Waals surface area contributed by atoms with Crippen molar-refractivity contribution in [1.29, 1.82) is 0 Å². The van der Waals surface area contributed by atoms with Crippen molar-refractivity contribution in [3.8, 4) is 16.8 Å². The molecule has 3 nitrogen and oxygen atoms in total. The van der Waals surface area contributed by atoms with Gasteiger partial charge in [-0.3, -0.25) is 0 Å². The van der Waals surface area contributed by atoms with Crippen LogP contribution in [0.3, 0.4) is 0 Å². The maximum atomic E-state index is 2.71. The van der Waals surface area contributed by atoms with Gasteiger partial charge >= 0.3 is 0 Å². The van der Waals surface area contributed by atoms with Crippen molar-refractivity contribution in [2.24, 2.45) is 0 Å². The van der Waals surface area contributed by atoms with Crippen LogP contribution in [-0.4, -0.2) is 35.5 Å². The van der Waals surface area contributed by atoms with Crippen LogP contribution in [0.4, 0.5) is 34.1 Å². The van der Waals surface area contributed by atoms with Crippen LogP contribution < -0.4 is 88.4 Å². The average molecular weight is 1440 g/mol. The van der Waals surface area contributed by atoms with E-state index in [1.165, 1.54) is 89.4 Å². The van der Waals surface area contributed by atoms with Crippen LogP contribution >= 0.6 is 0 Å². The Morgan fingerprint density at radius 1 is 0.183 bits per heavy atom. The van der Waals surface area contributed by atoms with E-state index < -0.39 is 24.2 Å². The Balaban J connectivity index is 0.966. The first-order valence-corrected chi connectivity index (χ1v) is 43.9. The maximum Gasteiger partial charge on any atom is 0.252 e. The van der Waals surface area contributed by atoms with E-state index in [0.29, 0.717) is 0 Å². The molecule has 512 valence electrons. The van der Waals surface area contributed by atoms with Gasteiger partial charge in [0.1, 0.15) is 0 Å². The Hall–Kier alpha value is -13.1. The van der Waals surface area contributed by atoms with Gasteiger partial charge in [-0.25, -0.2) is 0 Å². The molecule has 0 bridgehead atoms. The summed E-state index contributed by atoms with van der Waals surface area (Å²) in [5, 5.41) is 18.3. The van der Waals surface area contributed by atoms with E-state index in [1.807, 2.05) is 0 Å². The van der Waals surface area contributed by atoms with Crippen LogP contribution in [0.2, 0.25) is 0 Å². The van der Waals surface area contributed by atoms with Crippen LogP contribution in [0.1, 0.15) is 0 Å². The number of hydrogen-bond acceptors (Lipinski definition) is 2.